The molecule has 0 aliphatic carbocycles. The summed E-state index contributed by atoms with van der Waals surface area (Å²) in [4.78, 5) is 22.4. The standard InChI is InChI=1S/C10H15N3O4/c1-4-17-8(14)5-7-6-11-12-13(7)10(2,3)9(15)16/h6H,4-5H2,1-3H3,(H,15,16). The summed E-state index contributed by atoms with van der Waals surface area (Å²) in [5.41, 5.74) is -0.839. The van der Waals surface area contributed by atoms with Crippen LogP contribution in [0.15, 0.2) is 6.20 Å². The molecule has 7 nitrogen and oxygen atoms in total. The second-order valence-corrected chi connectivity index (χ2v) is 3.98. The topological polar surface area (TPSA) is 94.3 Å². The number of carbonyl (C=O) groups is 2. The van der Waals surface area contributed by atoms with E-state index >= 15 is 0 Å². The van der Waals surface area contributed by atoms with Gasteiger partial charge in [0.15, 0.2) is 5.54 Å². The Morgan fingerprint density at radius 3 is 2.71 bits per heavy atom. The van der Waals surface area contributed by atoms with Gasteiger partial charge in [0.05, 0.1) is 24.9 Å². The Bertz CT molecular complexity index is 425. The monoisotopic (exact) mass is 241 g/mol. The molecule has 94 valence electrons. The van der Waals surface area contributed by atoms with Crippen molar-refractivity contribution in [2.75, 3.05) is 6.61 Å². The van der Waals surface area contributed by atoms with Crippen molar-refractivity contribution in [1.82, 2.24) is 15.0 Å². The number of carboxylic acid groups (broad SMARTS) is 1. The molecule has 17 heavy (non-hydrogen) atoms. The minimum atomic E-state index is -1.25. The first-order valence-electron chi connectivity index (χ1n) is 5.18. The summed E-state index contributed by atoms with van der Waals surface area (Å²) in [7, 11) is 0. The van der Waals surface area contributed by atoms with Gasteiger partial charge in [0.2, 0.25) is 0 Å². The maximum absolute atomic E-state index is 11.3. The normalized spacial score (nSPS) is 11.2. The molecule has 0 saturated heterocycles. The highest BCUT2D eigenvalue weighted by molar-refractivity contribution is 5.76. The van der Waals surface area contributed by atoms with Crippen LogP contribution in [-0.4, -0.2) is 38.6 Å². The molecule has 0 aliphatic rings. The highest BCUT2D eigenvalue weighted by Crippen LogP contribution is 2.16. The number of esters is 1. The van der Waals surface area contributed by atoms with E-state index in [1.54, 1.807) is 6.92 Å². The number of hydrogen-bond donors (Lipinski definition) is 1. The molecule has 0 unspecified atom stereocenters. The summed E-state index contributed by atoms with van der Waals surface area (Å²) in [5.74, 6) is -1.48. The Morgan fingerprint density at radius 1 is 1.53 bits per heavy atom. The SMILES string of the molecule is CCOC(=O)Cc1cnnn1C(C)(C)C(=O)O. The van der Waals surface area contributed by atoms with Gasteiger partial charge >= 0.3 is 11.9 Å². The molecule has 0 aromatic carbocycles. The number of aliphatic carboxylic acids is 1. The zero-order chi connectivity index (χ0) is 13.1. The summed E-state index contributed by atoms with van der Waals surface area (Å²) < 4.78 is 6.00. The van der Waals surface area contributed by atoms with Gasteiger partial charge in [-0.1, -0.05) is 5.21 Å². The van der Waals surface area contributed by atoms with Gasteiger partial charge in [-0.25, -0.2) is 9.48 Å². The van der Waals surface area contributed by atoms with Crippen LogP contribution in [0.2, 0.25) is 0 Å². The van der Waals surface area contributed by atoms with E-state index in [0.717, 1.165) is 0 Å². The number of carboxylic acids is 1. The van der Waals surface area contributed by atoms with E-state index in [1.807, 2.05) is 0 Å². The molecule has 0 saturated carbocycles. The van der Waals surface area contributed by atoms with Crippen molar-refractivity contribution >= 4 is 11.9 Å². The van der Waals surface area contributed by atoms with E-state index in [2.05, 4.69) is 10.3 Å². The Balaban J connectivity index is 2.94. The molecule has 0 bridgehead atoms. The highest BCUT2D eigenvalue weighted by Gasteiger charge is 2.33. The second kappa shape index (κ2) is 4.94. The van der Waals surface area contributed by atoms with E-state index < -0.39 is 17.5 Å². The van der Waals surface area contributed by atoms with E-state index in [1.165, 1.54) is 24.7 Å². The van der Waals surface area contributed by atoms with Crippen molar-refractivity contribution in [3.05, 3.63) is 11.9 Å². The van der Waals surface area contributed by atoms with Gasteiger partial charge in [-0.15, -0.1) is 5.10 Å². The van der Waals surface area contributed by atoms with Gasteiger partial charge in [-0.05, 0) is 20.8 Å². The fraction of sp³-hybridized carbons (Fsp3) is 0.600. The number of ether oxygens (including phenoxy) is 1. The smallest absolute Gasteiger partial charge is 0.331 e. The molecule has 1 heterocycles. The Kier molecular flexibility index (Phi) is 3.82. The van der Waals surface area contributed by atoms with E-state index in [0.29, 0.717) is 5.69 Å². The van der Waals surface area contributed by atoms with Crippen molar-refractivity contribution in [2.24, 2.45) is 0 Å². The summed E-state index contributed by atoms with van der Waals surface area (Å²) >= 11 is 0. The van der Waals surface area contributed by atoms with Gasteiger partial charge in [0, 0.05) is 0 Å². The first-order chi connectivity index (χ1) is 7.89. The Labute approximate surface area is 98.4 Å². The zero-order valence-corrected chi connectivity index (χ0v) is 10.0. The number of carbonyl (C=O) groups excluding carboxylic acids is 1. The lowest BCUT2D eigenvalue weighted by Crippen LogP contribution is -2.38. The van der Waals surface area contributed by atoms with E-state index in [-0.39, 0.29) is 13.0 Å². The molecule has 1 rings (SSSR count). The molecule has 0 radical (unpaired) electrons. The maximum Gasteiger partial charge on any atom is 0.331 e. The molecule has 0 fully saturated rings. The van der Waals surface area contributed by atoms with Crippen LogP contribution in [0.5, 0.6) is 0 Å². The van der Waals surface area contributed by atoms with Gasteiger partial charge in [-0.3, -0.25) is 4.79 Å². The zero-order valence-electron chi connectivity index (χ0n) is 10.0. The lowest BCUT2D eigenvalue weighted by Gasteiger charge is -2.21. The number of hydrogen-bond acceptors (Lipinski definition) is 5. The highest BCUT2D eigenvalue weighted by atomic mass is 16.5. The third-order valence-corrected chi connectivity index (χ3v) is 2.30. The van der Waals surface area contributed by atoms with Crippen molar-refractivity contribution in [3.8, 4) is 0 Å². The molecule has 0 amide bonds. The van der Waals surface area contributed by atoms with Crippen LogP contribution in [0.3, 0.4) is 0 Å². The van der Waals surface area contributed by atoms with E-state index in [9.17, 15) is 9.59 Å². The fourth-order valence-electron chi connectivity index (χ4n) is 1.30. The van der Waals surface area contributed by atoms with Crippen LogP contribution >= 0.6 is 0 Å². The molecule has 0 spiro atoms. The van der Waals surface area contributed by atoms with Crippen LogP contribution in [-0.2, 0) is 26.3 Å². The van der Waals surface area contributed by atoms with Crippen molar-refractivity contribution < 1.29 is 19.4 Å². The molecule has 0 atom stereocenters. The fourth-order valence-corrected chi connectivity index (χ4v) is 1.30. The minimum absolute atomic E-state index is 0.0441. The molecule has 7 heteroatoms. The molecule has 1 aromatic heterocycles. The van der Waals surface area contributed by atoms with Crippen molar-refractivity contribution in [3.63, 3.8) is 0 Å². The minimum Gasteiger partial charge on any atom is -0.479 e. The Hall–Kier alpha value is -1.92. The third-order valence-electron chi connectivity index (χ3n) is 2.30. The van der Waals surface area contributed by atoms with Crippen LogP contribution < -0.4 is 0 Å². The van der Waals surface area contributed by atoms with E-state index in [4.69, 9.17) is 9.84 Å². The number of rotatable bonds is 5. The first kappa shape index (κ1) is 13.1. The van der Waals surface area contributed by atoms with Crippen LogP contribution in [0.4, 0.5) is 0 Å². The van der Waals surface area contributed by atoms with Crippen molar-refractivity contribution in [1.29, 1.82) is 0 Å². The summed E-state index contributed by atoms with van der Waals surface area (Å²) in [6.45, 7) is 4.95. The van der Waals surface area contributed by atoms with Gasteiger partial charge in [0.1, 0.15) is 0 Å². The molecular formula is C10H15N3O4. The maximum atomic E-state index is 11.3. The van der Waals surface area contributed by atoms with Gasteiger partial charge in [-0.2, -0.15) is 0 Å². The van der Waals surface area contributed by atoms with Crippen LogP contribution in [0.1, 0.15) is 26.5 Å². The lowest BCUT2D eigenvalue weighted by atomic mass is 10.1. The van der Waals surface area contributed by atoms with Crippen molar-refractivity contribution in [2.45, 2.75) is 32.7 Å². The molecule has 1 N–H and O–H groups in total. The summed E-state index contributed by atoms with van der Waals surface area (Å²) in [6, 6.07) is 0. The average Bonchev–Trinajstić information content (AvgIpc) is 2.66. The first-order valence-corrected chi connectivity index (χ1v) is 5.18. The Morgan fingerprint density at radius 2 is 2.18 bits per heavy atom. The molecule has 1 aromatic rings. The van der Waals surface area contributed by atoms with Gasteiger partial charge in [0.25, 0.3) is 0 Å². The molecule has 0 aliphatic heterocycles. The third kappa shape index (κ3) is 2.80. The average molecular weight is 241 g/mol. The second-order valence-electron chi connectivity index (χ2n) is 3.98. The predicted octanol–water partition coefficient (Wildman–Crippen LogP) is 0.203. The van der Waals surface area contributed by atoms with Crippen LogP contribution in [0, 0.1) is 0 Å². The number of aromatic nitrogens is 3. The predicted molar refractivity (Wildman–Crippen MR) is 57.3 cm³/mol. The lowest BCUT2D eigenvalue weighted by molar-refractivity contribution is -0.147. The van der Waals surface area contributed by atoms with Crippen LogP contribution in [0.25, 0.3) is 0 Å². The summed E-state index contributed by atoms with van der Waals surface area (Å²) in [6.07, 6.45) is 1.32. The summed E-state index contributed by atoms with van der Waals surface area (Å²) in [5, 5.41) is 16.4. The molecular weight excluding hydrogens is 226 g/mol. The quantitative estimate of drug-likeness (QED) is 0.740. The largest absolute Gasteiger partial charge is 0.479 e. The van der Waals surface area contributed by atoms with Gasteiger partial charge < -0.3 is 9.84 Å². The number of nitrogens with zero attached hydrogens (tertiary/aromatic N) is 3.